The first-order valence-corrected chi connectivity index (χ1v) is 14.9. The molecule has 2 saturated carbocycles. The zero-order chi connectivity index (χ0) is 28.7. The van der Waals surface area contributed by atoms with Crippen molar-refractivity contribution in [3.05, 3.63) is 58.7 Å². The fraction of sp³-hybridized carbons (Fsp3) is 0.467. The summed E-state index contributed by atoms with van der Waals surface area (Å²) in [6.07, 6.45) is 15.5. The van der Waals surface area contributed by atoms with Crippen LogP contribution in [0.1, 0.15) is 86.5 Å². The number of hydrazone groups is 2. The van der Waals surface area contributed by atoms with Crippen molar-refractivity contribution in [2.75, 3.05) is 0 Å². The van der Waals surface area contributed by atoms with Crippen molar-refractivity contribution in [2.24, 2.45) is 10.2 Å². The molecular formula is C30H42N6O2S2. The number of nitrogens with zero attached hydrogens (tertiary/aromatic N) is 2. The maximum atomic E-state index is 9.86. The van der Waals surface area contributed by atoms with E-state index >= 15 is 0 Å². The number of aromatic hydroxyl groups is 2. The summed E-state index contributed by atoms with van der Waals surface area (Å²) in [5.41, 5.74) is 8.63. The minimum atomic E-state index is 0.254. The topological polar surface area (TPSA) is 113 Å². The SMILES string of the molecule is Cc1cccc(/C=N/NC(=S)NC2CCCCC2)c1O.Cc1cccc(/C=N/NC(=S)NC2CCCCC2)c1O. The molecule has 2 aromatic carbocycles. The van der Waals surface area contributed by atoms with Crippen LogP contribution in [0.2, 0.25) is 0 Å². The van der Waals surface area contributed by atoms with Gasteiger partial charge >= 0.3 is 0 Å². The first kappa shape index (κ1) is 31.3. The summed E-state index contributed by atoms with van der Waals surface area (Å²) in [5.74, 6) is 0.508. The molecule has 0 aromatic heterocycles. The van der Waals surface area contributed by atoms with Gasteiger partial charge in [0.15, 0.2) is 10.2 Å². The number of hydrogen-bond donors (Lipinski definition) is 6. The highest BCUT2D eigenvalue weighted by atomic mass is 32.1. The molecule has 6 N–H and O–H groups in total. The van der Waals surface area contributed by atoms with Crippen molar-refractivity contribution < 1.29 is 10.2 Å². The van der Waals surface area contributed by atoms with Crippen LogP contribution in [0, 0.1) is 13.8 Å². The molecule has 40 heavy (non-hydrogen) atoms. The van der Waals surface area contributed by atoms with Crippen molar-refractivity contribution in [1.82, 2.24) is 21.5 Å². The maximum Gasteiger partial charge on any atom is 0.187 e. The van der Waals surface area contributed by atoms with Gasteiger partial charge in [0, 0.05) is 23.2 Å². The second-order valence-corrected chi connectivity index (χ2v) is 11.2. The van der Waals surface area contributed by atoms with Crippen LogP contribution in [0.4, 0.5) is 0 Å². The summed E-state index contributed by atoms with van der Waals surface area (Å²) in [7, 11) is 0. The Balaban J connectivity index is 0.000000220. The molecule has 2 aliphatic rings. The molecule has 216 valence electrons. The molecule has 0 amide bonds. The zero-order valence-corrected chi connectivity index (χ0v) is 25.1. The summed E-state index contributed by atoms with van der Waals surface area (Å²) in [6.45, 7) is 3.71. The number of benzene rings is 2. The maximum absolute atomic E-state index is 9.86. The molecule has 2 fully saturated rings. The normalized spacial score (nSPS) is 16.2. The molecule has 0 aliphatic heterocycles. The summed E-state index contributed by atoms with van der Waals surface area (Å²) in [6, 6.07) is 12.0. The van der Waals surface area contributed by atoms with E-state index in [-0.39, 0.29) is 11.5 Å². The minimum absolute atomic E-state index is 0.254. The number of thiocarbonyl (C=S) groups is 2. The number of para-hydroxylation sites is 2. The fourth-order valence-corrected chi connectivity index (χ4v) is 5.26. The molecule has 0 heterocycles. The van der Waals surface area contributed by atoms with Gasteiger partial charge in [-0.15, -0.1) is 0 Å². The van der Waals surface area contributed by atoms with Crippen LogP contribution in [-0.2, 0) is 0 Å². The summed E-state index contributed by atoms with van der Waals surface area (Å²) in [5, 5.41) is 35.5. The lowest BCUT2D eigenvalue weighted by molar-refractivity contribution is 0.412. The molecule has 0 saturated heterocycles. The van der Waals surface area contributed by atoms with E-state index < -0.39 is 0 Å². The fourth-order valence-electron chi connectivity index (χ4n) is 4.82. The van der Waals surface area contributed by atoms with Crippen LogP contribution in [0.15, 0.2) is 46.6 Å². The van der Waals surface area contributed by atoms with Gasteiger partial charge in [0.25, 0.3) is 0 Å². The lowest BCUT2D eigenvalue weighted by atomic mass is 9.96. The molecule has 0 unspecified atom stereocenters. The van der Waals surface area contributed by atoms with E-state index in [1.165, 1.54) is 64.2 Å². The molecule has 8 nitrogen and oxygen atoms in total. The van der Waals surface area contributed by atoms with E-state index in [0.29, 0.717) is 33.4 Å². The standard InChI is InChI=1S/2C15H21N3OS/c2*1-11-6-5-7-12(14(11)19)10-16-18-15(20)17-13-8-3-2-4-9-13/h2*5-7,10,13,19H,2-4,8-9H2,1H3,(H2,17,18,20)/b2*16-10+. The monoisotopic (exact) mass is 582 g/mol. The first-order chi connectivity index (χ1) is 19.3. The molecule has 0 radical (unpaired) electrons. The van der Waals surface area contributed by atoms with Crippen molar-refractivity contribution in [3.8, 4) is 11.5 Å². The van der Waals surface area contributed by atoms with Gasteiger partial charge in [-0.3, -0.25) is 10.9 Å². The van der Waals surface area contributed by atoms with E-state index in [0.717, 1.165) is 11.1 Å². The van der Waals surface area contributed by atoms with E-state index in [9.17, 15) is 10.2 Å². The average molecular weight is 583 g/mol. The van der Waals surface area contributed by atoms with E-state index in [1.807, 2.05) is 50.2 Å². The lowest BCUT2D eigenvalue weighted by Crippen LogP contribution is -2.40. The lowest BCUT2D eigenvalue weighted by Gasteiger charge is -2.23. The molecule has 0 atom stereocenters. The highest BCUT2D eigenvalue weighted by Crippen LogP contribution is 2.21. The Morgan fingerprint density at radius 2 is 1.05 bits per heavy atom. The smallest absolute Gasteiger partial charge is 0.187 e. The van der Waals surface area contributed by atoms with Crippen molar-refractivity contribution in [2.45, 2.75) is 90.1 Å². The van der Waals surface area contributed by atoms with Crippen LogP contribution < -0.4 is 21.5 Å². The predicted molar refractivity (Wildman–Crippen MR) is 172 cm³/mol. The van der Waals surface area contributed by atoms with Crippen LogP contribution in [-0.4, -0.2) is 45.0 Å². The Kier molecular flexibility index (Phi) is 13.1. The third kappa shape index (κ3) is 10.7. The van der Waals surface area contributed by atoms with Gasteiger partial charge in [-0.05, 0) is 87.2 Å². The second kappa shape index (κ2) is 16.8. The van der Waals surface area contributed by atoms with E-state index in [4.69, 9.17) is 24.4 Å². The highest BCUT2D eigenvalue weighted by molar-refractivity contribution is 7.80. The number of aryl methyl sites for hydroxylation is 2. The van der Waals surface area contributed by atoms with Gasteiger partial charge in [-0.1, -0.05) is 62.8 Å². The van der Waals surface area contributed by atoms with Gasteiger partial charge < -0.3 is 20.8 Å². The van der Waals surface area contributed by atoms with Crippen molar-refractivity contribution >= 4 is 47.1 Å². The first-order valence-electron chi connectivity index (χ1n) is 14.1. The molecule has 0 bridgehead atoms. The van der Waals surface area contributed by atoms with Gasteiger partial charge in [-0.25, -0.2) is 0 Å². The highest BCUT2D eigenvalue weighted by Gasteiger charge is 2.14. The Morgan fingerprint density at radius 1 is 0.675 bits per heavy atom. The van der Waals surface area contributed by atoms with Crippen molar-refractivity contribution in [3.63, 3.8) is 0 Å². The third-order valence-corrected chi connectivity index (χ3v) is 7.58. The molecular weight excluding hydrogens is 541 g/mol. The van der Waals surface area contributed by atoms with Crippen LogP contribution in [0.3, 0.4) is 0 Å². The van der Waals surface area contributed by atoms with E-state index in [2.05, 4.69) is 31.7 Å². The molecule has 10 heteroatoms. The Hall–Kier alpha value is -3.24. The summed E-state index contributed by atoms with van der Waals surface area (Å²) >= 11 is 10.4. The number of hydrogen-bond acceptors (Lipinski definition) is 6. The summed E-state index contributed by atoms with van der Waals surface area (Å²) in [4.78, 5) is 0. The number of phenolic OH excluding ortho intramolecular Hbond substituents is 2. The number of nitrogens with one attached hydrogen (secondary N) is 4. The van der Waals surface area contributed by atoms with Gasteiger partial charge in [0.1, 0.15) is 11.5 Å². The largest absolute Gasteiger partial charge is 0.507 e. The number of phenols is 2. The second-order valence-electron chi connectivity index (χ2n) is 10.4. The molecule has 0 spiro atoms. The Labute approximate surface area is 248 Å². The van der Waals surface area contributed by atoms with Crippen LogP contribution in [0.25, 0.3) is 0 Å². The molecule has 4 rings (SSSR count). The minimum Gasteiger partial charge on any atom is -0.507 e. The van der Waals surface area contributed by atoms with Gasteiger partial charge in [0.2, 0.25) is 0 Å². The predicted octanol–water partition coefficient (Wildman–Crippen LogP) is 5.66. The average Bonchev–Trinajstić information content (AvgIpc) is 2.95. The zero-order valence-electron chi connectivity index (χ0n) is 23.4. The quantitative estimate of drug-likeness (QED) is 0.147. The van der Waals surface area contributed by atoms with Crippen LogP contribution >= 0.6 is 24.4 Å². The third-order valence-electron chi connectivity index (χ3n) is 7.16. The summed E-state index contributed by atoms with van der Waals surface area (Å²) < 4.78 is 0. The Bertz CT molecular complexity index is 1080. The van der Waals surface area contributed by atoms with E-state index in [1.54, 1.807) is 12.4 Å². The molecule has 2 aromatic rings. The van der Waals surface area contributed by atoms with Gasteiger partial charge in [-0.2, -0.15) is 10.2 Å². The van der Waals surface area contributed by atoms with Crippen molar-refractivity contribution in [1.29, 1.82) is 0 Å². The Morgan fingerprint density at radius 3 is 1.43 bits per heavy atom. The van der Waals surface area contributed by atoms with Crippen LogP contribution in [0.5, 0.6) is 11.5 Å². The number of rotatable bonds is 6. The van der Waals surface area contributed by atoms with Gasteiger partial charge in [0.05, 0.1) is 12.4 Å². The molecule has 2 aliphatic carbocycles.